The van der Waals surface area contributed by atoms with Gasteiger partial charge in [0.2, 0.25) is 10.0 Å². The number of nitrogens with zero attached hydrogens (tertiary/aromatic N) is 1. The summed E-state index contributed by atoms with van der Waals surface area (Å²) in [6, 6.07) is 0.154. The number of aliphatic hydroxyl groups is 1. The Morgan fingerprint density at radius 2 is 1.86 bits per heavy atom. The summed E-state index contributed by atoms with van der Waals surface area (Å²) < 4.78 is 27.9. The molecule has 0 bridgehead atoms. The highest BCUT2D eigenvalue weighted by molar-refractivity contribution is 7.90. The average Bonchev–Trinajstić information content (AvgIpc) is 2.88. The van der Waals surface area contributed by atoms with E-state index < -0.39 is 15.6 Å². The molecule has 5 nitrogen and oxygen atoms in total. The molecule has 0 radical (unpaired) electrons. The molecule has 0 aromatic rings. The third-order valence-corrected chi connectivity index (χ3v) is 6.55. The topological polar surface area (TPSA) is 69.6 Å². The Labute approximate surface area is 129 Å². The molecule has 2 aliphatic rings. The fourth-order valence-corrected chi connectivity index (χ4v) is 5.05. The van der Waals surface area contributed by atoms with Crippen LogP contribution in [0.25, 0.3) is 0 Å². The van der Waals surface area contributed by atoms with Crippen molar-refractivity contribution in [2.45, 2.75) is 75.7 Å². The monoisotopic (exact) mass is 318 g/mol. The minimum Gasteiger partial charge on any atom is -0.390 e. The molecule has 0 aromatic heterocycles. The van der Waals surface area contributed by atoms with E-state index in [0.29, 0.717) is 13.0 Å². The summed E-state index contributed by atoms with van der Waals surface area (Å²) in [5, 5.41) is 9.51. The van der Waals surface area contributed by atoms with E-state index in [-0.39, 0.29) is 11.3 Å². The summed E-state index contributed by atoms with van der Waals surface area (Å²) >= 11 is 0. The van der Waals surface area contributed by atoms with Gasteiger partial charge >= 0.3 is 0 Å². The predicted octanol–water partition coefficient (Wildman–Crippen LogP) is 1.47. The van der Waals surface area contributed by atoms with Crippen LogP contribution in [-0.4, -0.2) is 55.0 Å². The zero-order valence-electron chi connectivity index (χ0n) is 13.3. The van der Waals surface area contributed by atoms with Crippen LogP contribution < -0.4 is 4.72 Å². The molecule has 1 aliphatic heterocycles. The lowest BCUT2D eigenvalue weighted by Crippen LogP contribution is -2.49. The maximum atomic E-state index is 12.5. The van der Waals surface area contributed by atoms with Crippen LogP contribution in [-0.2, 0) is 10.0 Å². The highest BCUT2D eigenvalue weighted by Gasteiger charge is 2.33. The first kappa shape index (κ1) is 17.2. The van der Waals surface area contributed by atoms with Crippen LogP contribution in [0.5, 0.6) is 0 Å². The average molecular weight is 318 g/mol. The van der Waals surface area contributed by atoms with Gasteiger partial charge in [-0.1, -0.05) is 12.8 Å². The van der Waals surface area contributed by atoms with Gasteiger partial charge in [-0.15, -0.1) is 0 Å². The van der Waals surface area contributed by atoms with Crippen molar-refractivity contribution in [1.82, 2.24) is 9.62 Å². The van der Waals surface area contributed by atoms with Crippen molar-refractivity contribution in [3.05, 3.63) is 0 Å². The Kier molecular flexibility index (Phi) is 5.68. The first-order valence-electron chi connectivity index (χ1n) is 8.22. The molecule has 1 aliphatic carbocycles. The standard InChI is InChI=1S/C15H30N2O3S/c1-15(2,18)9-11-17-10-5-8-14(12-17)21(19,20)16-13-6-3-4-7-13/h13-14,16,18H,3-12H2,1-2H3. The maximum Gasteiger partial charge on any atom is 0.215 e. The Bertz CT molecular complexity index is 425. The Balaban J connectivity index is 1.87. The number of likely N-dealkylation sites (tertiary alicyclic amines) is 1. The van der Waals surface area contributed by atoms with Crippen molar-refractivity contribution in [1.29, 1.82) is 0 Å². The van der Waals surface area contributed by atoms with Crippen LogP contribution in [0, 0.1) is 0 Å². The van der Waals surface area contributed by atoms with E-state index in [9.17, 15) is 13.5 Å². The van der Waals surface area contributed by atoms with Gasteiger partial charge in [0.25, 0.3) is 0 Å². The molecule has 0 spiro atoms. The van der Waals surface area contributed by atoms with Gasteiger partial charge in [-0.3, -0.25) is 0 Å². The first-order chi connectivity index (χ1) is 9.76. The molecule has 1 atom stereocenters. The van der Waals surface area contributed by atoms with E-state index in [0.717, 1.165) is 51.6 Å². The van der Waals surface area contributed by atoms with Crippen molar-refractivity contribution < 1.29 is 13.5 Å². The summed E-state index contributed by atoms with van der Waals surface area (Å²) in [6.45, 7) is 5.89. The third kappa shape index (κ3) is 5.51. The molecule has 2 rings (SSSR count). The lowest BCUT2D eigenvalue weighted by molar-refractivity contribution is 0.0552. The molecule has 1 saturated heterocycles. The van der Waals surface area contributed by atoms with E-state index in [1.165, 1.54) is 0 Å². The molecule has 2 N–H and O–H groups in total. The molecular weight excluding hydrogens is 288 g/mol. The lowest BCUT2D eigenvalue weighted by atomic mass is 10.0. The van der Waals surface area contributed by atoms with E-state index in [1.54, 1.807) is 13.8 Å². The van der Waals surface area contributed by atoms with E-state index in [2.05, 4.69) is 9.62 Å². The predicted molar refractivity (Wildman–Crippen MR) is 84.7 cm³/mol. The Morgan fingerprint density at radius 1 is 1.19 bits per heavy atom. The van der Waals surface area contributed by atoms with Crippen LogP contribution in [0.15, 0.2) is 0 Å². The molecule has 6 heteroatoms. The highest BCUT2D eigenvalue weighted by atomic mass is 32.2. The number of hydrogen-bond donors (Lipinski definition) is 2. The largest absolute Gasteiger partial charge is 0.390 e. The van der Waals surface area contributed by atoms with E-state index >= 15 is 0 Å². The molecule has 1 unspecified atom stereocenters. The fourth-order valence-electron chi connectivity index (χ4n) is 3.27. The molecule has 1 heterocycles. The van der Waals surface area contributed by atoms with Crippen LogP contribution in [0.4, 0.5) is 0 Å². The van der Waals surface area contributed by atoms with Gasteiger partial charge in [0.15, 0.2) is 0 Å². The normalized spacial score (nSPS) is 26.3. The Morgan fingerprint density at radius 3 is 2.48 bits per heavy atom. The van der Waals surface area contributed by atoms with Crippen LogP contribution in [0.2, 0.25) is 0 Å². The zero-order chi connectivity index (χ0) is 15.5. The van der Waals surface area contributed by atoms with E-state index in [4.69, 9.17) is 0 Å². The highest BCUT2D eigenvalue weighted by Crippen LogP contribution is 2.22. The smallest absolute Gasteiger partial charge is 0.215 e. The summed E-state index contributed by atoms with van der Waals surface area (Å²) in [5.74, 6) is 0. The van der Waals surface area contributed by atoms with Crippen molar-refractivity contribution in [3.63, 3.8) is 0 Å². The molecule has 21 heavy (non-hydrogen) atoms. The molecular formula is C15H30N2O3S. The van der Waals surface area contributed by atoms with Gasteiger partial charge in [0.1, 0.15) is 0 Å². The molecule has 0 amide bonds. The third-order valence-electron chi connectivity index (χ3n) is 4.63. The maximum absolute atomic E-state index is 12.5. The summed E-state index contributed by atoms with van der Waals surface area (Å²) in [5.41, 5.74) is -0.687. The minimum absolute atomic E-state index is 0.154. The van der Waals surface area contributed by atoms with Crippen LogP contribution in [0.1, 0.15) is 58.8 Å². The number of sulfonamides is 1. The van der Waals surface area contributed by atoms with Crippen molar-refractivity contribution in [2.75, 3.05) is 19.6 Å². The second kappa shape index (κ2) is 6.94. The van der Waals surface area contributed by atoms with Gasteiger partial charge in [0, 0.05) is 19.1 Å². The molecule has 2 fully saturated rings. The van der Waals surface area contributed by atoms with Crippen LogP contribution >= 0.6 is 0 Å². The van der Waals surface area contributed by atoms with Gasteiger partial charge in [0.05, 0.1) is 10.9 Å². The zero-order valence-corrected chi connectivity index (χ0v) is 14.2. The first-order valence-corrected chi connectivity index (χ1v) is 9.77. The fraction of sp³-hybridized carbons (Fsp3) is 1.00. The minimum atomic E-state index is -3.21. The van der Waals surface area contributed by atoms with Gasteiger partial charge in [-0.25, -0.2) is 13.1 Å². The number of nitrogens with one attached hydrogen (secondary N) is 1. The van der Waals surface area contributed by atoms with E-state index in [1.807, 2.05) is 0 Å². The SMILES string of the molecule is CC(C)(O)CCN1CCCC(S(=O)(=O)NC2CCCC2)C1. The summed E-state index contributed by atoms with van der Waals surface area (Å²) in [6.07, 6.45) is 6.58. The second-order valence-corrected chi connectivity index (χ2v) is 9.26. The van der Waals surface area contributed by atoms with Gasteiger partial charge in [-0.05, 0) is 52.5 Å². The molecule has 124 valence electrons. The second-order valence-electron chi connectivity index (χ2n) is 7.27. The Hall–Kier alpha value is -0.170. The molecule has 1 saturated carbocycles. The lowest BCUT2D eigenvalue weighted by Gasteiger charge is -2.34. The summed E-state index contributed by atoms with van der Waals surface area (Å²) in [7, 11) is -3.21. The van der Waals surface area contributed by atoms with Crippen molar-refractivity contribution in [2.24, 2.45) is 0 Å². The van der Waals surface area contributed by atoms with Gasteiger partial charge < -0.3 is 10.0 Å². The quantitative estimate of drug-likeness (QED) is 0.778. The number of hydrogen-bond acceptors (Lipinski definition) is 4. The number of piperidine rings is 1. The summed E-state index contributed by atoms with van der Waals surface area (Å²) in [4.78, 5) is 2.18. The van der Waals surface area contributed by atoms with Crippen LogP contribution in [0.3, 0.4) is 0 Å². The molecule has 0 aromatic carbocycles. The number of rotatable bonds is 6. The van der Waals surface area contributed by atoms with Crippen molar-refractivity contribution >= 4 is 10.0 Å². The van der Waals surface area contributed by atoms with Gasteiger partial charge in [-0.2, -0.15) is 0 Å². The van der Waals surface area contributed by atoms with Crippen molar-refractivity contribution in [3.8, 4) is 0 Å².